The van der Waals surface area contributed by atoms with Crippen molar-refractivity contribution in [3.05, 3.63) is 72.8 Å². The number of ether oxygens (including phenoxy) is 3. The summed E-state index contributed by atoms with van der Waals surface area (Å²) >= 11 is 0. The van der Waals surface area contributed by atoms with Crippen LogP contribution >= 0.6 is 0 Å². The lowest BCUT2D eigenvalue weighted by Crippen LogP contribution is -2.51. The van der Waals surface area contributed by atoms with E-state index in [1.807, 2.05) is 36.4 Å². The third-order valence-electron chi connectivity index (χ3n) is 4.35. The smallest absolute Gasteiger partial charge is 0.241 e. The summed E-state index contributed by atoms with van der Waals surface area (Å²) in [4.78, 5) is 0. The summed E-state index contributed by atoms with van der Waals surface area (Å²) < 4.78 is 15.9. The van der Waals surface area contributed by atoms with Crippen molar-refractivity contribution in [2.24, 2.45) is 0 Å². The summed E-state index contributed by atoms with van der Waals surface area (Å²) in [7, 11) is 5.04. The molecule has 0 saturated carbocycles. The number of hydrogen-bond acceptors (Lipinski definition) is 3. The molecule has 3 aromatic rings. The van der Waals surface area contributed by atoms with Crippen LogP contribution < -0.4 is 30.6 Å². The molecule has 0 unspecified atom stereocenters. The maximum atomic E-state index is 5.29. The highest BCUT2D eigenvalue weighted by Crippen LogP contribution is 2.11. The normalized spacial score (nSPS) is 10.2. The summed E-state index contributed by atoms with van der Waals surface area (Å²) in [6.07, 6.45) is 0. The molecule has 0 aliphatic rings. The molecular formula is C21H21BO3. The van der Waals surface area contributed by atoms with Gasteiger partial charge < -0.3 is 14.2 Å². The van der Waals surface area contributed by atoms with Crippen LogP contribution in [0.25, 0.3) is 0 Å². The molecule has 0 aliphatic heterocycles. The zero-order valence-electron chi connectivity index (χ0n) is 14.7. The largest absolute Gasteiger partial charge is 0.497 e. The van der Waals surface area contributed by atoms with E-state index < -0.39 is 0 Å². The fourth-order valence-electron chi connectivity index (χ4n) is 2.97. The summed E-state index contributed by atoms with van der Waals surface area (Å²) in [5.41, 5.74) is 3.61. The van der Waals surface area contributed by atoms with Crippen LogP contribution in [0.15, 0.2) is 72.8 Å². The highest BCUT2D eigenvalue weighted by atomic mass is 16.5. The molecule has 3 aromatic carbocycles. The molecule has 0 aromatic heterocycles. The third kappa shape index (κ3) is 3.79. The first-order valence-corrected chi connectivity index (χ1v) is 8.17. The lowest BCUT2D eigenvalue weighted by molar-refractivity contribution is 0.415. The van der Waals surface area contributed by atoms with Crippen molar-refractivity contribution >= 4 is 23.1 Å². The maximum Gasteiger partial charge on any atom is 0.241 e. The van der Waals surface area contributed by atoms with Gasteiger partial charge in [0.2, 0.25) is 6.71 Å². The maximum absolute atomic E-state index is 5.29. The van der Waals surface area contributed by atoms with Gasteiger partial charge in [0, 0.05) is 0 Å². The van der Waals surface area contributed by atoms with E-state index >= 15 is 0 Å². The molecule has 0 radical (unpaired) electrons. The molecule has 0 bridgehead atoms. The van der Waals surface area contributed by atoms with Crippen LogP contribution in [-0.4, -0.2) is 28.0 Å². The Hall–Kier alpha value is -2.88. The molecule has 0 saturated heterocycles. The minimum Gasteiger partial charge on any atom is -0.497 e. The van der Waals surface area contributed by atoms with Crippen LogP contribution in [0.3, 0.4) is 0 Å². The van der Waals surface area contributed by atoms with Gasteiger partial charge in [0.1, 0.15) is 17.2 Å². The van der Waals surface area contributed by atoms with Gasteiger partial charge in [-0.3, -0.25) is 0 Å². The predicted octanol–water partition coefficient (Wildman–Crippen LogP) is 2.23. The van der Waals surface area contributed by atoms with Gasteiger partial charge in [0.15, 0.2) is 0 Å². The van der Waals surface area contributed by atoms with Gasteiger partial charge in [-0.1, -0.05) is 52.8 Å². The van der Waals surface area contributed by atoms with Crippen molar-refractivity contribution in [2.75, 3.05) is 21.3 Å². The second-order valence-corrected chi connectivity index (χ2v) is 5.75. The van der Waals surface area contributed by atoms with Crippen LogP contribution in [0.2, 0.25) is 0 Å². The van der Waals surface area contributed by atoms with Crippen LogP contribution in [0.5, 0.6) is 17.2 Å². The number of benzene rings is 3. The molecule has 4 heteroatoms. The van der Waals surface area contributed by atoms with E-state index in [1.165, 1.54) is 16.4 Å². The standard InChI is InChI=1S/C21H21BO3/c1-23-19-10-4-16(5-11-19)22(17-6-12-20(24-2)13-7-17)18-8-14-21(25-3)15-9-18/h4-15H,1-3H3. The van der Waals surface area contributed by atoms with Crippen LogP contribution in [-0.2, 0) is 0 Å². The molecule has 25 heavy (non-hydrogen) atoms. The van der Waals surface area contributed by atoms with Crippen LogP contribution in [0, 0.1) is 0 Å². The fourth-order valence-corrected chi connectivity index (χ4v) is 2.97. The molecule has 0 amide bonds. The second kappa shape index (κ2) is 7.80. The summed E-state index contributed by atoms with van der Waals surface area (Å²) in [5, 5.41) is 0. The van der Waals surface area contributed by atoms with Gasteiger partial charge in [-0.25, -0.2) is 0 Å². The average Bonchev–Trinajstić information content (AvgIpc) is 2.70. The van der Waals surface area contributed by atoms with E-state index in [0.717, 1.165) is 17.2 Å². The first-order chi connectivity index (χ1) is 12.2. The number of rotatable bonds is 6. The fraction of sp³-hybridized carbons (Fsp3) is 0.143. The van der Waals surface area contributed by atoms with Crippen LogP contribution in [0.1, 0.15) is 0 Å². The Bertz CT molecular complexity index is 683. The zero-order valence-corrected chi connectivity index (χ0v) is 14.7. The van der Waals surface area contributed by atoms with Crippen molar-refractivity contribution in [2.45, 2.75) is 0 Å². The van der Waals surface area contributed by atoms with E-state index in [4.69, 9.17) is 14.2 Å². The molecule has 0 N–H and O–H groups in total. The van der Waals surface area contributed by atoms with E-state index in [1.54, 1.807) is 21.3 Å². The Morgan fingerprint density at radius 1 is 0.440 bits per heavy atom. The van der Waals surface area contributed by atoms with Crippen molar-refractivity contribution in [3.63, 3.8) is 0 Å². The molecule has 3 nitrogen and oxygen atoms in total. The van der Waals surface area contributed by atoms with Crippen LogP contribution in [0.4, 0.5) is 0 Å². The quantitative estimate of drug-likeness (QED) is 0.648. The second-order valence-electron chi connectivity index (χ2n) is 5.75. The number of methoxy groups -OCH3 is 3. The van der Waals surface area contributed by atoms with E-state index in [0.29, 0.717) is 0 Å². The molecule has 0 atom stereocenters. The predicted molar refractivity (Wildman–Crippen MR) is 104 cm³/mol. The minimum atomic E-state index is 0.128. The van der Waals surface area contributed by atoms with Gasteiger partial charge in [0.25, 0.3) is 0 Å². The first-order valence-electron chi connectivity index (χ1n) is 8.17. The Labute approximate surface area is 149 Å². The minimum absolute atomic E-state index is 0.128. The Balaban J connectivity index is 2.04. The average molecular weight is 332 g/mol. The van der Waals surface area contributed by atoms with Gasteiger partial charge in [-0.2, -0.15) is 0 Å². The van der Waals surface area contributed by atoms with Gasteiger partial charge in [0.05, 0.1) is 21.3 Å². The molecule has 126 valence electrons. The van der Waals surface area contributed by atoms with Crippen molar-refractivity contribution in [3.8, 4) is 17.2 Å². The summed E-state index contributed by atoms with van der Waals surface area (Å²) in [6.45, 7) is 0.128. The highest BCUT2D eigenvalue weighted by molar-refractivity contribution is 6.95. The van der Waals surface area contributed by atoms with Crippen molar-refractivity contribution in [1.82, 2.24) is 0 Å². The topological polar surface area (TPSA) is 27.7 Å². The molecule has 3 rings (SSSR count). The lowest BCUT2D eigenvalue weighted by Gasteiger charge is -2.17. The zero-order chi connectivity index (χ0) is 17.6. The summed E-state index contributed by atoms with van der Waals surface area (Å²) in [6, 6.07) is 24.6. The SMILES string of the molecule is COc1ccc(B(c2ccc(OC)cc2)c2ccc(OC)cc2)cc1. The Morgan fingerprint density at radius 2 is 0.680 bits per heavy atom. The molecule has 0 aliphatic carbocycles. The molecule has 0 spiro atoms. The van der Waals surface area contributed by atoms with Gasteiger partial charge in [-0.15, -0.1) is 0 Å². The number of hydrogen-bond donors (Lipinski definition) is 0. The molecule has 0 heterocycles. The van der Waals surface area contributed by atoms with E-state index in [9.17, 15) is 0 Å². The Kier molecular flexibility index (Phi) is 5.29. The monoisotopic (exact) mass is 332 g/mol. The van der Waals surface area contributed by atoms with E-state index in [2.05, 4.69) is 36.4 Å². The van der Waals surface area contributed by atoms with E-state index in [-0.39, 0.29) is 6.71 Å². The molecular weight excluding hydrogens is 311 g/mol. The highest BCUT2D eigenvalue weighted by Gasteiger charge is 2.21. The Morgan fingerprint density at radius 3 is 0.880 bits per heavy atom. The van der Waals surface area contributed by atoms with Gasteiger partial charge >= 0.3 is 0 Å². The first kappa shape index (κ1) is 17.0. The van der Waals surface area contributed by atoms with Crippen molar-refractivity contribution < 1.29 is 14.2 Å². The van der Waals surface area contributed by atoms with Gasteiger partial charge in [-0.05, 0) is 36.4 Å². The molecule has 0 fully saturated rings. The summed E-state index contributed by atoms with van der Waals surface area (Å²) in [5.74, 6) is 2.56. The lowest BCUT2D eigenvalue weighted by atomic mass is 9.37. The third-order valence-corrected chi connectivity index (χ3v) is 4.35. The van der Waals surface area contributed by atoms with Crippen molar-refractivity contribution in [1.29, 1.82) is 0 Å².